The van der Waals surface area contributed by atoms with E-state index in [1.54, 1.807) is 24.3 Å². The molecule has 0 saturated carbocycles. The van der Waals surface area contributed by atoms with E-state index < -0.39 is 0 Å². The molecule has 0 fully saturated rings. The molecular formula is C16H20N2O2. The number of rotatable bonds is 5. The highest BCUT2D eigenvalue weighted by Crippen LogP contribution is 2.14. The van der Waals surface area contributed by atoms with Gasteiger partial charge >= 0.3 is 0 Å². The zero-order valence-electron chi connectivity index (χ0n) is 11.2. The van der Waals surface area contributed by atoms with Crippen LogP contribution in [0.5, 0.6) is 11.5 Å². The van der Waals surface area contributed by atoms with Gasteiger partial charge in [0.25, 0.3) is 0 Å². The molecule has 0 radical (unpaired) electrons. The third kappa shape index (κ3) is 3.98. The summed E-state index contributed by atoms with van der Waals surface area (Å²) in [5.41, 5.74) is 14.4. The van der Waals surface area contributed by atoms with Crippen LogP contribution < -0.4 is 11.5 Å². The zero-order valence-corrected chi connectivity index (χ0v) is 11.2. The highest BCUT2D eigenvalue weighted by atomic mass is 16.3. The van der Waals surface area contributed by atoms with Crippen molar-refractivity contribution in [3.05, 3.63) is 59.7 Å². The Hall–Kier alpha value is -2.04. The number of hydrogen-bond donors (Lipinski definition) is 4. The summed E-state index contributed by atoms with van der Waals surface area (Å²) in [6.45, 7) is 0. The lowest BCUT2D eigenvalue weighted by atomic mass is 9.95. The van der Waals surface area contributed by atoms with Crippen molar-refractivity contribution < 1.29 is 10.2 Å². The van der Waals surface area contributed by atoms with Gasteiger partial charge in [-0.25, -0.2) is 0 Å². The SMILES string of the molecule is NC(Cc1ccc(O)cc1)C(N)Cc1ccc(O)cc1. The topological polar surface area (TPSA) is 92.5 Å². The van der Waals surface area contributed by atoms with Crippen LogP contribution in [0.2, 0.25) is 0 Å². The molecule has 0 aromatic heterocycles. The summed E-state index contributed by atoms with van der Waals surface area (Å²) in [5.74, 6) is 0.492. The van der Waals surface area contributed by atoms with Crippen molar-refractivity contribution in [1.82, 2.24) is 0 Å². The Labute approximate surface area is 118 Å². The quantitative estimate of drug-likeness (QED) is 0.664. The van der Waals surface area contributed by atoms with Gasteiger partial charge < -0.3 is 21.7 Å². The molecule has 4 heteroatoms. The molecule has 0 aliphatic carbocycles. The van der Waals surface area contributed by atoms with Crippen LogP contribution in [0, 0.1) is 0 Å². The lowest BCUT2D eigenvalue weighted by molar-refractivity contribution is 0.473. The predicted octanol–water partition coefficient (Wildman–Crippen LogP) is 1.54. The van der Waals surface area contributed by atoms with Gasteiger partial charge in [0.2, 0.25) is 0 Å². The number of phenolic OH excluding ortho intramolecular Hbond substituents is 2. The normalized spacial score (nSPS) is 13.9. The molecule has 2 atom stereocenters. The average molecular weight is 272 g/mol. The van der Waals surface area contributed by atoms with Crippen LogP contribution in [0.25, 0.3) is 0 Å². The average Bonchev–Trinajstić information content (AvgIpc) is 2.44. The summed E-state index contributed by atoms with van der Waals surface area (Å²) in [4.78, 5) is 0. The van der Waals surface area contributed by atoms with Crippen LogP contribution in [0.4, 0.5) is 0 Å². The number of phenols is 2. The van der Waals surface area contributed by atoms with Crippen LogP contribution in [0.1, 0.15) is 11.1 Å². The maximum absolute atomic E-state index is 9.24. The van der Waals surface area contributed by atoms with Crippen LogP contribution in [0.15, 0.2) is 48.5 Å². The fourth-order valence-electron chi connectivity index (χ4n) is 2.11. The van der Waals surface area contributed by atoms with Crippen LogP contribution in [-0.2, 0) is 12.8 Å². The van der Waals surface area contributed by atoms with E-state index in [0.717, 1.165) is 11.1 Å². The van der Waals surface area contributed by atoms with E-state index >= 15 is 0 Å². The van der Waals surface area contributed by atoms with E-state index in [2.05, 4.69) is 0 Å². The molecule has 4 nitrogen and oxygen atoms in total. The van der Waals surface area contributed by atoms with Gasteiger partial charge in [0, 0.05) is 12.1 Å². The Balaban J connectivity index is 1.93. The minimum atomic E-state index is -0.159. The Bertz CT molecular complexity index is 486. The molecule has 2 rings (SSSR count). The summed E-state index contributed by atoms with van der Waals surface area (Å²) in [6.07, 6.45) is 1.33. The van der Waals surface area contributed by atoms with Gasteiger partial charge in [0.15, 0.2) is 0 Å². The fraction of sp³-hybridized carbons (Fsp3) is 0.250. The molecule has 2 aromatic carbocycles. The van der Waals surface area contributed by atoms with Gasteiger partial charge in [0.05, 0.1) is 0 Å². The number of hydrogen-bond acceptors (Lipinski definition) is 4. The maximum atomic E-state index is 9.24. The van der Waals surface area contributed by atoms with E-state index in [1.165, 1.54) is 0 Å². The van der Waals surface area contributed by atoms with Gasteiger partial charge in [-0.15, -0.1) is 0 Å². The minimum absolute atomic E-state index is 0.159. The summed E-state index contributed by atoms with van der Waals surface area (Å²) in [7, 11) is 0. The first-order valence-electron chi connectivity index (χ1n) is 6.61. The first-order chi connectivity index (χ1) is 9.54. The van der Waals surface area contributed by atoms with Gasteiger partial charge in [-0.05, 0) is 48.2 Å². The van der Waals surface area contributed by atoms with E-state index in [4.69, 9.17) is 11.5 Å². The molecule has 2 unspecified atom stereocenters. The van der Waals surface area contributed by atoms with Gasteiger partial charge in [-0.1, -0.05) is 24.3 Å². The highest BCUT2D eigenvalue weighted by molar-refractivity contribution is 5.28. The van der Waals surface area contributed by atoms with Crippen molar-refractivity contribution in [2.24, 2.45) is 11.5 Å². The van der Waals surface area contributed by atoms with Gasteiger partial charge in [-0.3, -0.25) is 0 Å². The Morgan fingerprint density at radius 1 is 0.650 bits per heavy atom. The lowest BCUT2D eigenvalue weighted by Crippen LogP contribution is -2.44. The van der Waals surface area contributed by atoms with Crippen molar-refractivity contribution in [3.8, 4) is 11.5 Å². The second kappa shape index (κ2) is 6.41. The monoisotopic (exact) mass is 272 g/mol. The Kier molecular flexibility index (Phi) is 4.61. The summed E-state index contributed by atoms with van der Waals surface area (Å²) in [6, 6.07) is 13.7. The van der Waals surface area contributed by atoms with Crippen molar-refractivity contribution in [1.29, 1.82) is 0 Å². The minimum Gasteiger partial charge on any atom is -0.508 e. The number of aromatic hydroxyl groups is 2. The number of nitrogens with two attached hydrogens (primary N) is 2. The number of benzene rings is 2. The molecule has 0 aliphatic rings. The summed E-state index contributed by atoms with van der Waals surface area (Å²) in [5, 5.41) is 18.5. The molecule has 0 amide bonds. The smallest absolute Gasteiger partial charge is 0.115 e. The third-order valence-electron chi connectivity index (χ3n) is 3.37. The Morgan fingerprint density at radius 3 is 1.25 bits per heavy atom. The second-order valence-electron chi connectivity index (χ2n) is 5.07. The molecule has 20 heavy (non-hydrogen) atoms. The van der Waals surface area contributed by atoms with Gasteiger partial charge in [0.1, 0.15) is 11.5 Å². The van der Waals surface area contributed by atoms with Crippen molar-refractivity contribution in [2.45, 2.75) is 24.9 Å². The molecular weight excluding hydrogens is 252 g/mol. The van der Waals surface area contributed by atoms with Crippen molar-refractivity contribution in [3.63, 3.8) is 0 Å². The fourth-order valence-corrected chi connectivity index (χ4v) is 2.11. The largest absolute Gasteiger partial charge is 0.508 e. The molecule has 0 spiro atoms. The van der Waals surface area contributed by atoms with Crippen LogP contribution in [0.3, 0.4) is 0 Å². The van der Waals surface area contributed by atoms with E-state index in [0.29, 0.717) is 12.8 Å². The first kappa shape index (κ1) is 14.4. The van der Waals surface area contributed by atoms with Gasteiger partial charge in [-0.2, -0.15) is 0 Å². The maximum Gasteiger partial charge on any atom is 0.115 e. The zero-order chi connectivity index (χ0) is 14.5. The standard InChI is InChI=1S/C16H20N2O2/c17-15(9-11-1-5-13(19)6-2-11)16(18)10-12-3-7-14(20)8-4-12/h1-8,15-16,19-20H,9-10,17-18H2. The molecule has 106 valence electrons. The van der Waals surface area contributed by atoms with Crippen LogP contribution in [-0.4, -0.2) is 22.3 Å². The van der Waals surface area contributed by atoms with E-state index in [9.17, 15) is 10.2 Å². The lowest BCUT2D eigenvalue weighted by Gasteiger charge is -2.20. The predicted molar refractivity (Wildman–Crippen MR) is 79.6 cm³/mol. The van der Waals surface area contributed by atoms with Crippen molar-refractivity contribution >= 4 is 0 Å². The van der Waals surface area contributed by atoms with Crippen LogP contribution >= 0.6 is 0 Å². The van der Waals surface area contributed by atoms with E-state index in [-0.39, 0.29) is 23.6 Å². The molecule has 0 aliphatic heterocycles. The van der Waals surface area contributed by atoms with Crippen molar-refractivity contribution in [2.75, 3.05) is 0 Å². The molecule has 0 bridgehead atoms. The molecule has 0 saturated heterocycles. The van der Waals surface area contributed by atoms with E-state index in [1.807, 2.05) is 24.3 Å². The highest BCUT2D eigenvalue weighted by Gasteiger charge is 2.14. The summed E-state index contributed by atoms with van der Waals surface area (Å²) < 4.78 is 0. The molecule has 6 N–H and O–H groups in total. The molecule has 2 aromatic rings. The first-order valence-corrected chi connectivity index (χ1v) is 6.61. The Morgan fingerprint density at radius 2 is 0.950 bits per heavy atom. The molecule has 0 heterocycles. The summed E-state index contributed by atoms with van der Waals surface area (Å²) >= 11 is 0. The second-order valence-corrected chi connectivity index (χ2v) is 5.07. The third-order valence-corrected chi connectivity index (χ3v) is 3.37.